The van der Waals surface area contributed by atoms with Crippen LogP contribution in [0.1, 0.15) is 0 Å². The fourth-order valence-corrected chi connectivity index (χ4v) is 4.08. The first-order valence-corrected chi connectivity index (χ1v) is 7.68. The summed E-state index contributed by atoms with van der Waals surface area (Å²) in [5, 5.41) is 30.7. The third-order valence-electron chi connectivity index (χ3n) is 2.55. The molecule has 1 heterocycles. The molecule has 0 aliphatic carbocycles. The second-order valence-electron chi connectivity index (χ2n) is 4.27. The van der Waals surface area contributed by atoms with E-state index in [-0.39, 0.29) is 0 Å². The molecule has 1 fully saturated rings. The molecule has 0 radical (unpaired) electrons. The van der Waals surface area contributed by atoms with Gasteiger partial charge >= 0.3 is 0 Å². The summed E-state index contributed by atoms with van der Waals surface area (Å²) in [6.07, 6.45) is -1.73. The van der Waals surface area contributed by atoms with Crippen LogP contribution >= 0.6 is 7.14 Å². The smallest absolute Gasteiger partial charge is 0.210 e. The van der Waals surface area contributed by atoms with E-state index in [9.17, 15) is 34.9 Å². The van der Waals surface area contributed by atoms with Crippen LogP contribution in [0, 0.1) is 30.3 Å². The minimum Gasteiger partial charge on any atom is -0.377 e. The second-order valence-corrected chi connectivity index (χ2v) is 7.21. The van der Waals surface area contributed by atoms with E-state index in [4.69, 9.17) is 4.74 Å². The van der Waals surface area contributed by atoms with E-state index in [1.54, 1.807) is 0 Å². The molecule has 1 saturated heterocycles. The molecular formula is C6H13N6O8P. The molecule has 0 atom stereocenters. The van der Waals surface area contributed by atoms with Crippen molar-refractivity contribution in [2.24, 2.45) is 0 Å². The summed E-state index contributed by atoms with van der Waals surface area (Å²) in [6, 6.07) is 0. The molecule has 15 heteroatoms. The molecule has 1 aliphatic rings. The monoisotopic (exact) mass is 328 g/mol. The first-order chi connectivity index (χ1) is 9.68. The maximum absolute atomic E-state index is 12.5. The Bertz CT molecular complexity index is 456. The Morgan fingerprint density at radius 2 is 1.33 bits per heavy atom. The molecule has 0 N–H and O–H groups in total. The number of methoxy groups -OCH3 is 1. The van der Waals surface area contributed by atoms with E-state index in [1.807, 2.05) is 0 Å². The summed E-state index contributed by atoms with van der Waals surface area (Å²) in [5.74, 6) is 0. The molecule has 0 aromatic rings. The Morgan fingerprint density at radius 1 is 0.952 bits per heavy atom. The van der Waals surface area contributed by atoms with Gasteiger partial charge in [0.15, 0.2) is 22.2 Å². The quantitative estimate of drug-likeness (QED) is 0.355. The van der Waals surface area contributed by atoms with Crippen LogP contribution in [-0.2, 0) is 9.30 Å². The van der Waals surface area contributed by atoms with Gasteiger partial charge < -0.3 is 9.30 Å². The molecular weight excluding hydrogens is 315 g/mol. The van der Waals surface area contributed by atoms with Crippen LogP contribution in [0.15, 0.2) is 0 Å². The van der Waals surface area contributed by atoms with Crippen LogP contribution in [0.5, 0.6) is 0 Å². The Kier molecular flexibility index (Phi) is 5.21. The van der Waals surface area contributed by atoms with Gasteiger partial charge in [0.25, 0.3) is 0 Å². The van der Waals surface area contributed by atoms with Crippen molar-refractivity contribution in [1.29, 1.82) is 0 Å². The predicted molar refractivity (Wildman–Crippen MR) is 65.5 cm³/mol. The predicted octanol–water partition coefficient (Wildman–Crippen LogP) is -0.722. The first-order valence-electron chi connectivity index (χ1n) is 5.42. The largest absolute Gasteiger partial charge is 0.377 e. The van der Waals surface area contributed by atoms with Gasteiger partial charge in [0.1, 0.15) is 18.9 Å². The number of ether oxygens (including phenoxy) is 1. The number of rotatable bonds is 5. The SMILES string of the molecule is COCP1(=O)CN([N+](=O)[O-])CN([N+](=O)[O-])CN([N+](=O)[O-])C1. The van der Waals surface area contributed by atoms with Crippen LogP contribution in [0.25, 0.3) is 0 Å². The molecule has 21 heavy (non-hydrogen) atoms. The lowest BCUT2D eigenvalue weighted by Crippen LogP contribution is -2.53. The minimum absolute atomic E-state index is 0.294. The van der Waals surface area contributed by atoms with Crippen molar-refractivity contribution in [3.05, 3.63) is 30.3 Å². The van der Waals surface area contributed by atoms with E-state index >= 15 is 0 Å². The van der Waals surface area contributed by atoms with Gasteiger partial charge in [0.05, 0.1) is 0 Å². The van der Waals surface area contributed by atoms with Gasteiger partial charge in [0, 0.05) is 7.11 Å². The molecule has 14 nitrogen and oxygen atoms in total. The summed E-state index contributed by atoms with van der Waals surface area (Å²) in [6.45, 7) is -1.67. The van der Waals surface area contributed by atoms with Crippen molar-refractivity contribution in [2.45, 2.75) is 0 Å². The van der Waals surface area contributed by atoms with Crippen molar-refractivity contribution in [2.75, 3.05) is 39.4 Å². The molecule has 120 valence electrons. The lowest BCUT2D eigenvalue weighted by Gasteiger charge is -2.29. The van der Waals surface area contributed by atoms with Crippen molar-refractivity contribution in [1.82, 2.24) is 15.0 Å². The van der Waals surface area contributed by atoms with Gasteiger partial charge in [-0.1, -0.05) is 15.0 Å². The molecule has 0 bridgehead atoms. The Hall–Kier alpha value is -2.21. The zero-order valence-corrected chi connectivity index (χ0v) is 11.8. The zero-order valence-electron chi connectivity index (χ0n) is 10.9. The summed E-state index contributed by atoms with van der Waals surface area (Å²) in [7, 11) is -2.26. The summed E-state index contributed by atoms with van der Waals surface area (Å²) in [5.41, 5.74) is 0. The number of hydrazine groups is 3. The van der Waals surface area contributed by atoms with E-state index in [0.29, 0.717) is 15.0 Å². The fraction of sp³-hybridized carbons (Fsp3) is 1.00. The molecule has 0 unspecified atom stereocenters. The van der Waals surface area contributed by atoms with Gasteiger partial charge in [-0.05, 0) is 0 Å². The average Bonchev–Trinajstić information content (AvgIpc) is 2.32. The summed E-state index contributed by atoms with van der Waals surface area (Å²) >= 11 is 0. The standard InChI is InChI=1S/C6H13N6O8P/c1-20-6-21(19)4-8(11(15)16)2-7(10(13)14)3-9(5-21)12(17)18/h2-6H2,1H3. The molecule has 0 aromatic heterocycles. The maximum atomic E-state index is 12.5. The lowest BCUT2D eigenvalue weighted by atomic mass is 10.8. The van der Waals surface area contributed by atoms with Crippen LogP contribution in [0.3, 0.4) is 0 Å². The van der Waals surface area contributed by atoms with Crippen molar-refractivity contribution in [3.8, 4) is 0 Å². The number of nitrogens with zero attached hydrogens (tertiary/aromatic N) is 6. The van der Waals surface area contributed by atoms with Gasteiger partial charge in [-0.3, -0.25) is 0 Å². The Balaban J connectivity index is 3.10. The van der Waals surface area contributed by atoms with Gasteiger partial charge in [-0.15, -0.1) is 0 Å². The van der Waals surface area contributed by atoms with Crippen LogP contribution in [-0.4, -0.2) is 69.5 Å². The summed E-state index contributed by atoms with van der Waals surface area (Å²) in [4.78, 5) is 32.5. The van der Waals surface area contributed by atoms with Gasteiger partial charge in [-0.25, -0.2) is 30.3 Å². The molecule has 0 spiro atoms. The van der Waals surface area contributed by atoms with Crippen LogP contribution in [0.2, 0.25) is 0 Å². The highest BCUT2D eigenvalue weighted by Crippen LogP contribution is 2.47. The fourth-order valence-electron chi connectivity index (χ4n) is 1.78. The highest BCUT2D eigenvalue weighted by atomic mass is 31.2. The normalized spacial score (nSPS) is 18.8. The third-order valence-corrected chi connectivity index (χ3v) is 4.96. The number of nitro groups is 3. The number of hydrogen-bond donors (Lipinski definition) is 0. The van der Waals surface area contributed by atoms with E-state index in [1.165, 1.54) is 7.11 Å². The molecule has 1 rings (SSSR count). The topological polar surface area (TPSA) is 165 Å². The van der Waals surface area contributed by atoms with E-state index < -0.39 is 54.5 Å². The second kappa shape index (κ2) is 6.49. The lowest BCUT2D eigenvalue weighted by molar-refractivity contribution is -0.735. The highest BCUT2D eigenvalue weighted by molar-refractivity contribution is 7.63. The minimum atomic E-state index is -3.46. The molecule has 0 aromatic carbocycles. The summed E-state index contributed by atoms with van der Waals surface area (Å²) < 4.78 is 17.2. The zero-order chi connectivity index (χ0) is 16.2. The van der Waals surface area contributed by atoms with Gasteiger partial charge in [-0.2, -0.15) is 0 Å². The maximum Gasteiger partial charge on any atom is 0.210 e. The third kappa shape index (κ3) is 4.39. The molecule has 0 amide bonds. The van der Waals surface area contributed by atoms with Crippen LogP contribution in [0.4, 0.5) is 0 Å². The molecule has 1 aliphatic heterocycles. The number of hydrogen-bond acceptors (Lipinski definition) is 8. The van der Waals surface area contributed by atoms with Crippen molar-refractivity contribution >= 4 is 7.14 Å². The van der Waals surface area contributed by atoms with E-state index in [2.05, 4.69) is 0 Å². The van der Waals surface area contributed by atoms with Crippen molar-refractivity contribution in [3.63, 3.8) is 0 Å². The Labute approximate surface area is 117 Å². The van der Waals surface area contributed by atoms with E-state index in [0.717, 1.165) is 0 Å². The average molecular weight is 328 g/mol. The van der Waals surface area contributed by atoms with Crippen molar-refractivity contribution < 1.29 is 24.4 Å². The van der Waals surface area contributed by atoms with Gasteiger partial charge in [0.2, 0.25) is 13.3 Å². The molecule has 0 saturated carbocycles. The highest BCUT2D eigenvalue weighted by Gasteiger charge is 2.42. The Morgan fingerprint density at radius 3 is 1.62 bits per heavy atom. The van der Waals surface area contributed by atoms with Crippen LogP contribution < -0.4 is 0 Å². The first kappa shape index (κ1) is 16.8.